The molecule has 0 bridgehead atoms. The second-order valence-corrected chi connectivity index (χ2v) is 6.72. The summed E-state index contributed by atoms with van der Waals surface area (Å²) >= 11 is 0. The Balaban J connectivity index is 1.60. The van der Waals surface area contributed by atoms with Crippen molar-refractivity contribution >= 4 is 22.5 Å². The SMILES string of the molecule is COc1cc2nccc(Oc3ccc(NC(=O)c4c[nH]c(=O)[nH]c4=O)cc3F)c2cc1OC. The molecule has 0 atom stereocenters. The summed E-state index contributed by atoms with van der Waals surface area (Å²) in [4.78, 5) is 43.5. The Morgan fingerprint density at radius 2 is 1.76 bits per heavy atom. The standard InChI is InChI=1S/C22H17FN4O6/c1-31-18-8-12-15(9-19(18)32-2)24-6-5-16(12)33-17-4-3-11(7-14(17)23)26-20(28)13-10-25-22(30)27-21(13)29/h3-10H,1-2H3,(H,26,28)(H2,25,27,29,30). The zero-order valence-electron chi connectivity index (χ0n) is 17.4. The van der Waals surface area contributed by atoms with Gasteiger partial charge in [-0.2, -0.15) is 0 Å². The summed E-state index contributed by atoms with van der Waals surface area (Å²) in [6, 6.07) is 8.70. The first kappa shape index (κ1) is 21.6. The Morgan fingerprint density at radius 3 is 2.45 bits per heavy atom. The van der Waals surface area contributed by atoms with Crippen LogP contribution in [0, 0.1) is 5.82 Å². The predicted octanol–water partition coefficient (Wildman–Crippen LogP) is 2.81. The molecule has 0 unspecified atom stereocenters. The summed E-state index contributed by atoms with van der Waals surface area (Å²) in [5.74, 6) is -0.398. The number of rotatable bonds is 6. The van der Waals surface area contributed by atoms with Crippen molar-refractivity contribution in [1.82, 2.24) is 15.0 Å². The van der Waals surface area contributed by atoms with Gasteiger partial charge in [0.25, 0.3) is 11.5 Å². The van der Waals surface area contributed by atoms with E-state index in [-0.39, 0.29) is 17.0 Å². The lowest BCUT2D eigenvalue weighted by atomic mass is 10.1. The number of H-pyrrole nitrogens is 2. The lowest BCUT2D eigenvalue weighted by Crippen LogP contribution is -2.29. The van der Waals surface area contributed by atoms with Crippen LogP contribution in [-0.2, 0) is 0 Å². The highest BCUT2D eigenvalue weighted by atomic mass is 19.1. The number of nitrogens with one attached hydrogen (secondary N) is 3. The normalized spacial score (nSPS) is 10.6. The van der Waals surface area contributed by atoms with Crippen LogP contribution in [0.25, 0.3) is 10.9 Å². The fourth-order valence-corrected chi connectivity index (χ4v) is 3.09. The maximum atomic E-state index is 14.7. The molecule has 0 radical (unpaired) electrons. The van der Waals surface area contributed by atoms with Crippen LogP contribution < -0.4 is 30.8 Å². The van der Waals surface area contributed by atoms with Crippen LogP contribution in [0.4, 0.5) is 10.1 Å². The lowest BCUT2D eigenvalue weighted by Gasteiger charge is -2.13. The van der Waals surface area contributed by atoms with Crippen molar-refractivity contribution in [2.75, 3.05) is 19.5 Å². The first-order valence-electron chi connectivity index (χ1n) is 9.51. The molecule has 0 spiro atoms. The van der Waals surface area contributed by atoms with E-state index < -0.39 is 23.0 Å². The minimum Gasteiger partial charge on any atom is -0.493 e. The lowest BCUT2D eigenvalue weighted by molar-refractivity contribution is 0.102. The van der Waals surface area contributed by atoms with Crippen molar-refractivity contribution in [2.24, 2.45) is 0 Å². The molecule has 10 nitrogen and oxygen atoms in total. The second-order valence-electron chi connectivity index (χ2n) is 6.72. The summed E-state index contributed by atoms with van der Waals surface area (Å²) < 4.78 is 31.1. The van der Waals surface area contributed by atoms with E-state index in [1.807, 2.05) is 4.98 Å². The molecule has 0 fully saturated rings. The monoisotopic (exact) mass is 452 g/mol. The van der Waals surface area contributed by atoms with E-state index in [2.05, 4.69) is 15.3 Å². The Labute approximate surface area is 185 Å². The largest absolute Gasteiger partial charge is 0.493 e. The van der Waals surface area contributed by atoms with E-state index in [0.29, 0.717) is 28.2 Å². The average molecular weight is 452 g/mol. The smallest absolute Gasteiger partial charge is 0.325 e. The quantitative estimate of drug-likeness (QED) is 0.409. The minimum atomic E-state index is -0.867. The van der Waals surface area contributed by atoms with Crippen molar-refractivity contribution in [1.29, 1.82) is 0 Å². The Kier molecular flexibility index (Phi) is 5.77. The van der Waals surface area contributed by atoms with Crippen molar-refractivity contribution in [2.45, 2.75) is 0 Å². The third kappa shape index (κ3) is 4.37. The number of anilines is 1. The van der Waals surface area contributed by atoms with Gasteiger partial charge < -0.3 is 24.5 Å². The van der Waals surface area contributed by atoms with Gasteiger partial charge >= 0.3 is 5.69 Å². The molecule has 2 heterocycles. The van der Waals surface area contributed by atoms with Crippen LogP contribution >= 0.6 is 0 Å². The highest BCUT2D eigenvalue weighted by molar-refractivity contribution is 6.03. The first-order valence-corrected chi connectivity index (χ1v) is 9.51. The molecule has 0 saturated heterocycles. The Morgan fingerprint density at radius 1 is 1.00 bits per heavy atom. The van der Waals surface area contributed by atoms with Gasteiger partial charge in [-0.3, -0.25) is 19.6 Å². The van der Waals surface area contributed by atoms with Gasteiger partial charge in [0.05, 0.1) is 19.7 Å². The van der Waals surface area contributed by atoms with Crippen LogP contribution in [-0.4, -0.2) is 35.1 Å². The van der Waals surface area contributed by atoms with Gasteiger partial charge in [0.15, 0.2) is 23.1 Å². The molecule has 4 aromatic rings. The molecule has 168 valence electrons. The Hall–Kier alpha value is -4.67. The second kappa shape index (κ2) is 8.83. The maximum Gasteiger partial charge on any atom is 0.325 e. The van der Waals surface area contributed by atoms with E-state index >= 15 is 0 Å². The number of pyridine rings is 1. The van der Waals surface area contributed by atoms with E-state index in [1.165, 1.54) is 32.5 Å². The number of nitrogens with zero attached hydrogens (tertiary/aromatic N) is 1. The summed E-state index contributed by atoms with van der Waals surface area (Å²) in [5.41, 5.74) is -1.30. The average Bonchev–Trinajstić information content (AvgIpc) is 2.80. The number of ether oxygens (including phenoxy) is 3. The number of aromatic nitrogens is 3. The first-order chi connectivity index (χ1) is 15.9. The molecular weight excluding hydrogens is 435 g/mol. The van der Waals surface area contributed by atoms with Gasteiger partial charge in [-0.05, 0) is 24.3 Å². The topological polar surface area (TPSA) is 135 Å². The molecule has 2 aromatic heterocycles. The molecule has 1 amide bonds. The highest BCUT2D eigenvalue weighted by Gasteiger charge is 2.15. The molecule has 11 heteroatoms. The van der Waals surface area contributed by atoms with Gasteiger partial charge in [-0.25, -0.2) is 9.18 Å². The van der Waals surface area contributed by atoms with Gasteiger partial charge in [-0.15, -0.1) is 0 Å². The van der Waals surface area contributed by atoms with Crippen molar-refractivity contribution in [3.63, 3.8) is 0 Å². The third-order valence-electron chi connectivity index (χ3n) is 4.68. The van der Waals surface area contributed by atoms with E-state index in [0.717, 1.165) is 12.3 Å². The van der Waals surface area contributed by atoms with Crippen molar-refractivity contribution < 1.29 is 23.4 Å². The molecule has 33 heavy (non-hydrogen) atoms. The van der Waals surface area contributed by atoms with Crippen LogP contribution in [0.15, 0.2) is 58.4 Å². The number of fused-ring (bicyclic) bond motifs is 1. The van der Waals surface area contributed by atoms with E-state index in [9.17, 15) is 18.8 Å². The van der Waals surface area contributed by atoms with Gasteiger partial charge in [-0.1, -0.05) is 0 Å². The van der Waals surface area contributed by atoms with Gasteiger partial charge in [0.2, 0.25) is 0 Å². The fourth-order valence-electron chi connectivity index (χ4n) is 3.09. The maximum absolute atomic E-state index is 14.7. The number of aromatic amines is 2. The zero-order chi connectivity index (χ0) is 23.5. The number of hydrogen-bond acceptors (Lipinski definition) is 7. The molecule has 0 aliphatic rings. The number of amides is 1. The summed E-state index contributed by atoms with van der Waals surface area (Å²) in [6.45, 7) is 0. The van der Waals surface area contributed by atoms with Crippen molar-refractivity contribution in [3.8, 4) is 23.0 Å². The number of methoxy groups -OCH3 is 2. The summed E-state index contributed by atoms with van der Waals surface area (Å²) in [5, 5.41) is 2.96. The molecule has 2 aromatic carbocycles. The number of carbonyl (C=O) groups excluding carboxylic acids is 1. The van der Waals surface area contributed by atoms with Gasteiger partial charge in [0, 0.05) is 35.6 Å². The molecule has 0 aliphatic carbocycles. The summed E-state index contributed by atoms with van der Waals surface area (Å²) in [7, 11) is 3.00. The predicted molar refractivity (Wildman–Crippen MR) is 117 cm³/mol. The van der Waals surface area contributed by atoms with E-state index in [4.69, 9.17) is 14.2 Å². The molecule has 0 aliphatic heterocycles. The molecule has 3 N–H and O–H groups in total. The summed E-state index contributed by atoms with van der Waals surface area (Å²) in [6.07, 6.45) is 2.49. The van der Waals surface area contributed by atoms with Gasteiger partial charge in [0.1, 0.15) is 11.3 Å². The number of benzene rings is 2. The molecular formula is C22H17FN4O6. The molecule has 0 saturated carbocycles. The number of carbonyl (C=O) groups is 1. The fraction of sp³-hybridized carbons (Fsp3) is 0.0909. The third-order valence-corrected chi connectivity index (χ3v) is 4.68. The van der Waals surface area contributed by atoms with Crippen LogP contribution in [0.1, 0.15) is 10.4 Å². The molecule has 4 rings (SSSR count). The zero-order valence-corrected chi connectivity index (χ0v) is 17.4. The minimum absolute atomic E-state index is 0.0847. The van der Waals surface area contributed by atoms with Crippen molar-refractivity contribution in [3.05, 3.63) is 81.0 Å². The van der Waals surface area contributed by atoms with Crippen LogP contribution in [0.5, 0.6) is 23.0 Å². The number of halogens is 1. The van der Waals surface area contributed by atoms with Crippen LogP contribution in [0.2, 0.25) is 0 Å². The van der Waals surface area contributed by atoms with E-state index in [1.54, 1.807) is 18.2 Å². The Bertz CT molecular complexity index is 1480. The van der Waals surface area contributed by atoms with Crippen LogP contribution in [0.3, 0.4) is 0 Å². The highest BCUT2D eigenvalue weighted by Crippen LogP contribution is 2.37. The number of hydrogen-bond donors (Lipinski definition) is 3.